The molecule has 0 fully saturated rings. The van der Waals surface area contributed by atoms with Crippen molar-refractivity contribution in [2.75, 3.05) is 33.3 Å². The predicted molar refractivity (Wildman–Crippen MR) is 115 cm³/mol. The third-order valence-electron chi connectivity index (χ3n) is 4.81. The van der Waals surface area contributed by atoms with Crippen LogP contribution >= 0.6 is 0 Å². The van der Waals surface area contributed by atoms with E-state index in [0.29, 0.717) is 34.4 Å². The molecule has 0 heterocycles. The van der Waals surface area contributed by atoms with Gasteiger partial charge in [0.05, 0.1) is 27.8 Å². The standard InChI is InChI=1S/C23H29NO6/c1-6-15(2)17-7-9-18(10-8-17)24-21(25)14-30-22(26)13-16-11-19(27-3)23(29-5)20(12-16)28-4/h7-12,15H,6,13-14H2,1-5H3,(H,24,25)/t15-/m1/s1. The Balaban J connectivity index is 1.90. The lowest BCUT2D eigenvalue weighted by Gasteiger charge is -2.14. The van der Waals surface area contributed by atoms with E-state index in [9.17, 15) is 9.59 Å². The van der Waals surface area contributed by atoms with Gasteiger partial charge in [-0.3, -0.25) is 9.59 Å². The molecule has 0 spiro atoms. The average Bonchev–Trinajstić information content (AvgIpc) is 2.76. The summed E-state index contributed by atoms with van der Waals surface area (Å²) in [4.78, 5) is 24.2. The zero-order valence-electron chi connectivity index (χ0n) is 18.1. The monoisotopic (exact) mass is 415 g/mol. The fourth-order valence-corrected chi connectivity index (χ4v) is 2.93. The van der Waals surface area contributed by atoms with E-state index in [1.807, 2.05) is 24.3 Å². The Morgan fingerprint density at radius 3 is 2.07 bits per heavy atom. The summed E-state index contributed by atoms with van der Waals surface area (Å²) >= 11 is 0. The van der Waals surface area contributed by atoms with Crippen molar-refractivity contribution in [3.63, 3.8) is 0 Å². The molecular weight excluding hydrogens is 386 g/mol. The van der Waals surface area contributed by atoms with Crippen LogP contribution in [0.1, 0.15) is 37.3 Å². The first kappa shape index (κ1) is 23.1. The minimum absolute atomic E-state index is 0.0341. The normalized spacial score (nSPS) is 11.4. The van der Waals surface area contributed by atoms with Gasteiger partial charge in [0.2, 0.25) is 5.75 Å². The Kier molecular flexibility index (Phi) is 8.53. The molecule has 162 valence electrons. The van der Waals surface area contributed by atoms with Gasteiger partial charge in [-0.05, 0) is 47.7 Å². The van der Waals surface area contributed by atoms with Gasteiger partial charge in [-0.2, -0.15) is 0 Å². The van der Waals surface area contributed by atoms with Crippen LogP contribution in [0.2, 0.25) is 0 Å². The minimum Gasteiger partial charge on any atom is -0.493 e. The summed E-state index contributed by atoms with van der Waals surface area (Å²) in [5, 5.41) is 2.72. The first-order chi connectivity index (χ1) is 14.4. The first-order valence-corrected chi connectivity index (χ1v) is 9.76. The molecule has 0 saturated carbocycles. The van der Waals surface area contributed by atoms with Crippen LogP contribution in [0.3, 0.4) is 0 Å². The number of rotatable bonds is 10. The van der Waals surface area contributed by atoms with E-state index in [-0.39, 0.29) is 13.0 Å². The molecule has 1 amide bonds. The number of ether oxygens (including phenoxy) is 4. The second kappa shape index (κ2) is 11.1. The van der Waals surface area contributed by atoms with Crippen molar-refractivity contribution < 1.29 is 28.5 Å². The van der Waals surface area contributed by atoms with E-state index in [0.717, 1.165) is 6.42 Å². The van der Waals surface area contributed by atoms with E-state index >= 15 is 0 Å². The number of methoxy groups -OCH3 is 3. The van der Waals surface area contributed by atoms with Crippen molar-refractivity contribution in [3.8, 4) is 17.2 Å². The summed E-state index contributed by atoms with van der Waals surface area (Å²) < 4.78 is 20.9. The van der Waals surface area contributed by atoms with Gasteiger partial charge in [-0.15, -0.1) is 0 Å². The van der Waals surface area contributed by atoms with Crippen LogP contribution in [0.5, 0.6) is 17.2 Å². The lowest BCUT2D eigenvalue weighted by molar-refractivity contribution is -0.146. The molecule has 0 radical (unpaired) electrons. The van der Waals surface area contributed by atoms with Gasteiger partial charge in [0.1, 0.15) is 0 Å². The minimum atomic E-state index is -0.536. The number of benzene rings is 2. The van der Waals surface area contributed by atoms with Gasteiger partial charge in [0.15, 0.2) is 18.1 Å². The number of nitrogens with one attached hydrogen (secondary N) is 1. The molecule has 7 heteroatoms. The Morgan fingerprint density at radius 1 is 0.967 bits per heavy atom. The van der Waals surface area contributed by atoms with Gasteiger partial charge in [-0.25, -0.2) is 0 Å². The lowest BCUT2D eigenvalue weighted by atomic mass is 9.99. The van der Waals surface area contributed by atoms with Crippen LogP contribution in [-0.4, -0.2) is 39.8 Å². The highest BCUT2D eigenvalue weighted by molar-refractivity contribution is 5.92. The smallest absolute Gasteiger partial charge is 0.310 e. The number of hydrogen-bond donors (Lipinski definition) is 1. The maximum atomic E-state index is 12.2. The topological polar surface area (TPSA) is 83.1 Å². The van der Waals surface area contributed by atoms with Gasteiger partial charge < -0.3 is 24.3 Å². The summed E-state index contributed by atoms with van der Waals surface area (Å²) in [5.74, 6) is 0.856. The van der Waals surface area contributed by atoms with E-state index in [4.69, 9.17) is 18.9 Å². The summed E-state index contributed by atoms with van der Waals surface area (Å²) in [5.41, 5.74) is 2.50. The molecule has 2 aromatic rings. The zero-order chi connectivity index (χ0) is 22.1. The molecule has 0 aliphatic carbocycles. The first-order valence-electron chi connectivity index (χ1n) is 9.76. The van der Waals surface area contributed by atoms with Gasteiger partial charge >= 0.3 is 5.97 Å². The predicted octanol–water partition coefficient (Wildman–Crippen LogP) is 3.95. The maximum Gasteiger partial charge on any atom is 0.310 e. The summed E-state index contributed by atoms with van der Waals surface area (Å²) in [6, 6.07) is 11.0. The molecule has 0 bridgehead atoms. The molecule has 2 rings (SSSR count). The Morgan fingerprint density at radius 2 is 1.57 bits per heavy atom. The van der Waals surface area contributed by atoms with Crippen molar-refractivity contribution in [1.29, 1.82) is 0 Å². The Hall–Kier alpha value is -3.22. The van der Waals surface area contributed by atoms with Crippen LogP contribution in [0.15, 0.2) is 36.4 Å². The third kappa shape index (κ3) is 6.14. The van der Waals surface area contributed by atoms with Crippen LogP contribution in [0.4, 0.5) is 5.69 Å². The van der Waals surface area contributed by atoms with Crippen LogP contribution in [0, 0.1) is 0 Å². The molecule has 0 unspecified atom stereocenters. The van der Waals surface area contributed by atoms with Crippen LogP contribution < -0.4 is 19.5 Å². The van der Waals surface area contributed by atoms with Crippen molar-refractivity contribution in [1.82, 2.24) is 0 Å². The van der Waals surface area contributed by atoms with Crippen LogP contribution in [-0.2, 0) is 20.7 Å². The molecule has 2 aromatic carbocycles. The average molecular weight is 415 g/mol. The second-order valence-electron chi connectivity index (χ2n) is 6.85. The van der Waals surface area contributed by atoms with Gasteiger partial charge in [-0.1, -0.05) is 26.0 Å². The third-order valence-corrected chi connectivity index (χ3v) is 4.81. The summed E-state index contributed by atoms with van der Waals surface area (Å²) in [6.07, 6.45) is 1.02. The van der Waals surface area contributed by atoms with Crippen molar-refractivity contribution in [2.24, 2.45) is 0 Å². The molecule has 0 saturated heterocycles. The molecule has 0 aliphatic heterocycles. The van der Waals surface area contributed by atoms with Crippen LogP contribution in [0.25, 0.3) is 0 Å². The molecular formula is C23H29NO6. The maximum absolute atomic E-state index is 12.2. The highest BCUT2D eigenvalue weighted by Gasteiger charge is 2.16. The fourth-order valence-electron chi connectivity index (χ4n) is 2.93. The van der Waals surface area contributed by atoms with E-state index in [1.165, 1.54) is 26.9 Å². The SMILES string of the molecule is CC[C@@H](C)c1ccc(NC(=O)COC(=O)Cc2cc(OC)c(OC)c(OC)c2)cc1. The number of anilines is 1. The highest BCUT2D eigenvalue weighted by Crippen LogP contribution is 2.38. The van der Waals surface area contributed by atoms with Gasteiger partial charge in [0.25, 0.3) is 5.91 Å². The fraction of sp³-hybridized carbons (Fsp3) is 0.391. The molecule has 0 aromatic heterocycles. The van der Waals surface area contributed by atoms with E-state index in [1.54, 1.807) is 12.1 Å². The van der Waals surface area contributed by atoms with E-state index < -0.39 is 11.9 Å². The second-order valence-corrected chi connectivity index (χ2v) is 6.85. The molecule has 1 N–H and O–H groups in total. The molecule has 30 heavy (non-hydrogen) atoms. The quantitative estimate of drug-likeness (QED) is 0.592. The number of carbonyl (C=O) groups excluding carboxylic acids is 2. The largest absolute Gasteiger partial charge is 0.493 e. The number of carbonyl (C=O) groups is 2. The molecule has 0 aliphatic rings. The lowest BCUT2D eigenvalue weighted by Crippen LogP contribution is -2.21. The Bertz CT molecular complexity index is 837. The summed E-state index contributed by atoms with van der Waals surface area (Å²) in [7, 11) is 4.50. The van der Waals surface area contributed by atoms with Gasteiger partial charge in [0, 0.05) is 5.69 Å². The highest BCUT2D eigenvalue weighted by atomic mass is 16.5. The van der Waals surface area contributed by atoms with Crippen molar-refractivity contribution in [3.05, 3.63) is 47.5 Å². The zero-order valence-corrected chi connectivity index (χ0v) is 18.1. The summed E-state index contributed by atoms with van der Waals surface area (Å²) in [6.45, 7) is 3.92. The number of hydrogen-bond acceptors (Lipinski definition) is 6. The van der Waals surface area contributed by atoms with Crippen molar-refractivity contribution in [2.45, 2.75) is 32.6 Å². The molecule has 1 atom stereocenters. The number of amides is 1. The number of esters is 1. The van der Waals surface area contributed by atoms with E-state index in [2.05, 4.69) is 19.2 Å². The molecule has 7 nitrogen and oxygen atoms in total. The Labute approximate surface area is 177 Å². The van der Waals surface area contributed by atoms with Crippen molar-refractivity contribution >= 4 is 17.6 Å².